The van der Waals surface area contributed by atoms with Gasteiger partial charge in [0.15, 0.2) is 5.65 Å². The van der Waals surface area contributed by atoms with Gasteiger partial charge in [0.25, 0.3) is 0 Å². The minimum absolute atomic E-state index is 0.107. The molecule has 0 unspecified atom stereocenters. The number of aromatic nitrogens is 4. The monoisotopic (exact) mass is 483 g/mol. The molecule has 2 aromatic heterocycles. The molecule has 0 aliphatic carbocycles. The molecule has 9 heteroatoms. The molecule has 3 aromatic rings. The highest BCUT2D eigenvalue weighted by molar-refractivity contribution is 5.71. The second-order valence-electron chi connectivity index (χ2n) is 9.61. The van der Waals surface area contributed by atoms with E-state index in [1.54, 1.807) is 15.3 Å². The molecular weight excluding hydrogens is 446 g/mol. The first kappa shape index (κ1) is 26.2. The zero-order chi connectivity index (χ0) is 25.4. The van der Waals surface area contributed by atoms with Gasteiger partial charge in [-0.1, -0.05) is 51.0 Å². The van der Waals surface area contributed by atoms with Gasteiger partial charge in [-0.15, -0.1) is 0 Å². The first-order chi connectivity index (χ1) is 16.7. The van der Waals surface area contributed by atoms with Gasteiger partial charge >= 0.3 is 17.8 Å². The fraction of sp³-hybridized carbons (Fsp3) is 0.538. The van der Waals surface area contributed by atoms with Crippen LogP contribution in [-0.4, -0.2) is 37.4 Å². The third-order valence-corrected chi connectivity index (χ3v) is 5.40. The average molecular weight is 484 g/mol. The van der Waals surface area contributed by atoms with Crippen LogP contribution in [0.2, 0.25) is 0 Å². The fourth-order valence-corrected chi connectivity index (χ4v) is 3.56. The SMILES string of the molecule is CCCCOc1ncc2c(n1)n(Cc1ccc(CNC(=O)OC(C)(C)C)cc1)c(=O)n2CCCC. The minimum atomic E-state index is -0.540. The number of carbonyl (C=O) groups is 1. The Bertz CT molecular complexity index is 1180. The molecule has 0 saturated heterocycles. The summed E-state index contributed by atoms with van der Waals surface area (Å²) in [5, 5.41) is 2.76. The average Bonchev–Trinajstić information content (AvgIpc) is 3.06. The number of nitrogens with zero attached hydrogens (tertiary/aromatic N) is 4. The number of hydrogen-bond acceptors (Lipinski definition) is 6. The lowest BCUT2D eigenvalue weighted by molar-refractivity contribution is 0.0523. The van der Waals surface area contributed by atoms with Crippen LogP contribution in [0.1, 0.15) is 71.4 Å². The number of nitrogens with one attached hydrogen (secondary N) is 1. The van der Waals surface area contributed by atoms with Crippen molar-refractivity contribution in [2.24, 2.45) is 0 Å². The lowest BCUT2D eigenvalue weighted by atomic mass is 10.1. The molecule has 0 aliphatic heterocycles. The minimum Gasteiger partial charge on any atom is -0.463 e. The number of carbonyl (C=O) groups excluding carboxylic acids is 1. The van der Waals surface area contributed by atoms with Crippen LogP contribution >= 0.6 is 0 Å². The third-order valence-electron chi connectivity index (χ3n) is 5.40. The van der Waals surface area contributed by atoms with Gasteiger partial charge in [0, 0.05) is 13.1 Å². The van der Waals surface area contributed by atoms with E-state index in [1.165, 1.54) is 0 Å². The maximum atomic E-state index is 13.3. The summed E-state index contributed by atoms with van der Waals surface area (Å²) in [6, 6.07) is 8.06. The molecule has 190 valence electrons. The number of hydrogen-bond donors (Lipinski definition) is 1. The summed E-state index contributed by atoms with van der Waals surface area (Å²) >= 11 is 0. The van der Waals surface area contributed by atoms with E-state index >= 15 is 0 Å². The van der Waals surface area contributed by atoms with Gasteiger partial charge in [0.2, 0.25) is 0 Å². The molecule has 0 radical (unpaired) electrons. The molecule has 0 atom stereocenters. The summed E-state index contributed by atoms with van der Waals surface area (Å²) in [5.41, 5.74) is 2.53. The standard InChI is InChI=1S/C26H37N5O4/c1-6-8-14-30-21-17-27-23(34-15-9-7-2)29-22(21)31(25(30)33)18-20-12-10-19(11-13-20)16-28-24(32)35-26(3,4)5/h10-13,17H,6-9,14-16,18H2,1-5H3,(H,28,32). The van der Waals surface area contributed by atoms with E-state index in [0.717, 1.165) is 36.8 Å². The number of alkyl carbamates (subject to hydrolysis) is 1. The van der Waals surface area contributed by atoms with Crippen LogP contribution in [0.15, 0.2) is 35.3 Å². The second kappa shape index (κ2) is 11.9. The summed E-state index contributed by atoms with van der Waals surface area (Å²) in [4.78, 5) is 34.1. The Balaban J connectivity index is 1.80. The summed E-state index contributed by atoms with van der Waals surface area (Å²) in [6.45, 7) is 11.6. The van der Waals surface area contributed by atoms with Crippen LogP contribution in [0, 0.1) is 0 Å². The molecule has 0 bridgehead atoms. The van der Waals surface area contributed by atoms with Crippen molar-refractivity contribution in [3.8, 4) is 6.01 Å². The first-order valence-corrected chi connectivity index (χ1v) is 12.4. The molecule has 1 aromatic carbocycles. The third kappa shape index (κ3) is 7.31. The number of aryl methyl sites for hydroxylation is 1. The molecule has 35 heavy (non-hydrogen) atoms. The van der Waals surface area contributed by atoms with Crippen molar-refractivity contribution in [3.63, 3.8) is 0 Å². The summed E-state index contributed by atoms with van der Waals surface area (Å²) in [5.74, 6) is 0. The summed E-state index contributed by atoms with van der Waals surface area (Å²) in [6.07, 6.45) is 5.04. The van der Waals surface area contributed by atoms with Crippen molar-refractivity contribution in [2.45, 2.75) is 85.5 Å². The Morgan fingerprint density at radius 2 is 1.71 bits per heavy atom. The maximum Gasteiger partial charge on any atom is 0.407 e. The maximum absolute atomic E-state index is 13.3. The Labute approximate surface area is 206 Å². The zero-order valence-electron chi connectivity index (χ0n) is 21.5. The van der Waals surface area contributed by atoms with Gasteiger partial charge in [0.1, 0.15) is 11.1 Å². The van der Waals surface area contributed by atoms with Crippen LogP contribution < -0.4 is 15.7 Å². The van der Waals surface area contributed by atoms with Crippen LogP contribution in [0.25, 0.3) is 11.2 Å². The molecule has 3 rings (SSSR count). The highest BCUT2D eigenvalue weighted by Crippen LogP contribution is 2.17. The molecule has 0 saturated carbocycles. The molecule has 1 amide bonds. The quantitative estimate of drug-likeness (QED) is 0.399. The molecule has 0 fully saturated rings. The highest BCUT2D eigenvalue weighted by atomic mass is 16.6. The van der Waals surface area contributed by atoms with Gasteiger partial charge in [-0.05, 0) is 44.7 Å². The van der Waals surface area contributed by atoms with E-state index < -0.39 is 11.7 Å². The smallest absolute Gasteiger partial charge is 0.407 e. The van der Waals surface area contributed by atoms with Gasteiger partial charge in [-0.3, -0.25) is 9.13 Å². The number of unbranched alkanes of at least 4 members (excludes halogenated alkanes) is 2. The van der Waals surface area contributed by atoms with E-state index in [9.17, 15) is 9.59 Å². The van der Waals surface area contributed by atoms with Crippen LogP contribution in [0.5, 0.6) is 6.01 Å². The molecule has 9 nitrogen and oxygen atoms in total. The van der Waals surface area contributed by atoms with Crippen molar-refractivity contribution in [2.75, 3.05) is 6.61 Å². The van der Waals surface area contributed by atoms with Gasteiger partial charge in [-0.25, -0.2) is 14.6 Å². The Morgan fingerprint density at radius 3 is 2.37 bits per heavy atom. The number of imidazole rings is 1. The van der Waals surface area contributed by atoms with Crippen molar-refractivity contribution < 1.29 is 14.3 Å². The molecule has 2 heterocycles. The predicted molar refractivity (Wildman–Crippen MR) is 136 cm³/mol. The predicted octanol–water partition coefficient (Wildman–Crippen LogP) is 4.65. The zero-order valence-corrected chi connectivity index (χ0v) is 21.5. The van der Waals surface area contributed by atoms with Gasteiger partial charge < -0.3 is 14.8 Å². The molecule has 1 N–H and O–H groups in total. The second-order valence-corrected chi connectivity index (χ2v) is 9.61. The summed E-state index contributed by atoms with van der Waals surface area (Å²) in [7, 11) is 0. The van der Waals surface area contributed by atoms with Crippen LogP contribution in [-0.2, 0) is 24.4 Å². The number of benzene rings is 1. The lowest BCUT2D eigenvalue weighted by Gasteiger charge is -2.19. The van der Waals surface area contributed by atoms with E-state index in [2.05, 4.69) is 29.1 Å². The van der Waals surface area contributed by atoms with Crippen molar-refractivity contribution in [1.29, 1.82) is 0 Å². The first-order valence-electron chi connectivity index (χ1n) is 12.4. The molecule has 0 spiro atoms. The van der Waals surface area contributed by atoms with E-state index in [1.807, 2.05) is 45.0 Å². The molecular formula is C26H37N5O4. The number of fused-ring (bicyclic) bond motifs is 1. The lowest BCUT2D eigenvalue weighted by Crippen LogP contribution is -2.32. The Hall–Kier alpha value is -3.36. The highest BCUT2D eigenvalue weighted by Gasteiger charge is 2.17. The summed E-state index contributed by atoms with van der Waals surface area (Å²) < 4.78 is 14.4. The Morgan fingerprint density at radius 1 is 1.03 bits per heavy atom. The van der Waals surface area contributed by atoms with E-state index in [4.69, 9.17) is 9.47 Å². The number of amides is 1. The van der Waals surface area contributed by atoms with Gasteiger partial charge in [0.05, 0.1) is 19.3 Å². The topological polar surface area (TPSA) is 100 Å². The van der Waals surface area contributed by atoms with Crippen LogP contribution in [0.3, 0.4) is 0 Å². The van der Waals surface area contributed by atoms with E-state index in [0.29, 0.717) is 37.4 Å². The normalized spacial score (nSPS) is 11.6. The van der Waals surface area contributed by atoms with Crippen molar-refractivity contribution in [1.82, 2.24) is 24.4 Å². The van der Waals surface area contributed by atoms with Crippen molar-refractivity contribution >= 4 is 17.3 Å². The van der Waals surface area contributed by atoms with Gasteiger partial charge in [-0.2, -0.15) is 4.98 Å². The van der Waals surface area contributed by atoms with Crippen LogP contribution in [0.4, 0.5) is 4.79 Å². The number of rotatable bonds is 11. The van der Waals surface area contributed by atoms with E-state index in [-0.39, 0.29) is 11.7 Å². The Kier molecular flexibility index (Phi) is 8.89. The number of ether oxygens (including phenoxy) is 2. The largest absolute Gasteiger partial charge is 0.463 e. The fourth-order valence-electron chi connectivity index (χ4n) is 3.56. The molecule has 0 aliphatic rings. The van der Waals surface area contributed by atoms with Crippen molar-refractivity contribution in [3.05, 3.63) is 52.1 Å².